The van der Waals surface area contributed by atoms with E-state index in [1.165, 1.54) is 12.8 Å². The maximum atomic E-state index is 4.27. The predicted octanol–water partition coefficient (Wildman–Crippen LogP) is 2.37. The van der Waals surface area contributed by atoms with Gasteiger partial charge in [0.2, 0.25) is 0 Å². The summed E-state index contributed by atoms with van der Waals surface area (Å²) in [6.45, 7) is 5.93. The molecule has 1 aromatic heterocycles. The molecule has 6 heteroatoms. The second-order valence-corrected chi connectivity index (χ2v) is 5.44. The second kappa shape index (κ2) is 8.92. The molecule has 6 nitrogen and oxygen atoms in total. The van der Waals surface area contributed by atoms with Crippen LogP contribution in [-0.4, -0.2) is 34.3 Å². The number of nitrogens with zero attached hydrogens (tertiary/aromatic N) is 4. The third-order valence-electron chi connectivity index (χ3n) is 4.00. The van der Waals surface area contributed by atoms with Crippen molar-refractivity contribution < 1.29 is 0 Å². The summed E-state index contributed by atoms with van der Waals surface area (Å²) in [7, 11) is 1.78. The van der Waals surface area contributed by atoms with Gasteiger partial charge in [-0.05, 0) is 18.1 Å². The summed E-state index contributed by atoms with van der Waals surface area (Å²) in [4.78, 5) is 4.27. The summed E-state index contributed by atoms with van der Waals surface area (Å²) in [5.74, 6) is 2.31. The first kappa shape index (κ1) is 17.0. The van der Waals surface area contributed by atoms with E-state index < -0.39 is 0 Å². The van der Waals surface area contributed by atoms with Crippen molar-refractivity contribution in [1.82, 2.24) is 25.4 Å². The lowest BCUT2D eigenvalue weighted by Gasteiger charge is -2.16. The summed E-state index contributed by atoms with van der Waals surface area (Å²) in [6.07, 6.45) is 4.07. The highest BCUT2D eigenvalue weighted by molar-refractivity contribution is 5.79. The average molecular weight is 314 g/mol. The summed E-state index contributed by atoms with van der Waals surface area (Å²) in [6, 6.07) is 10.1. The third kappa shape index (κ3) is 4.81. The Labute approximate surface area is 138 Å². The van der Waals surface area contributed by atoms with Crippen LogP contribution < -0.4 is 10.6 Å². The number of aromatic nitrogens is 3. The van der Waals surface area contributed by atoms with Gasteiger partial charge in [0.15, 0.2) is 11.8 Å². The molecule has 0 bridgehead atoms. The fraction of sp³-hybridized carbons (Fsp3) is 0.471. The molecular weight excluding hydrogens is 288 g/mol. The number of nitrogens with one attached hydrogen (secondary N) is 2. The van der Waals surface area contributed by atoms with Crippen LogP contribution in [0, 0.1) is 5.92 Å². The molecule has 0 radical (unpaired) electrons. The molecule has 2 aromatic rings. The van der Waals surface area contributed by atoms with Crippen molar-refractivity contribution in [1.29, 1.82) is 0 Å². The molecule has 0 aliphatic rings. The van der Waals surface area contributed by atoms with E-state index in [0.29, 0.717) is 12.5 Å². The van der Waals surface area contributed by atoms with Crippen LogP contribution in [0.3, 0.4) is 0 Å². The molecule has 0 aliphatic heterocycles. The van der Waals surface area contributed by atoms with Crippen molar-refractivity contribution in [3.05, 3.63) is 42.5 Å². The minimum atomic E-state index is 0.567. The molecule has 0 unspecified atom stereocenters. The van der Waals surface area contributed by atoms with Gasteiger partial charge in [0.05, 0.1) is 6.54 Å². The van der Waals surface area contributed by atoms with Crippen LogP contribution in [0.2, 0.25) is 0 Å². The van der Waals surface area contributed by atoms with E-state index in [2.05, 4.69) is 39.7 Å². The standard InChI is InChI=1S/C17H26N6/c1-4-14(5-2)11-19-17(18-3)20-12-16-22-21-13-23(16)15-9-7-6-8-10-15/h6-10,13-14H,4-5,11-12H2,1-3H3,(H2,18,19,20). The molecule has 0 spiro atoms. The Morgan fingerprint density at radius 1 is 1.17 bits per heavy atom. The number of hydrogen-bond acceptors (Lipinski definition) is 3. The van der Waals surface area contributed by atoms with E-state index in [4.69, 9.17) is 0 Å². The molecule has 0 aliphatic carbocycles. The number of hydrogen-bond donors (Lipinski definition) is 2. The summed E-state index contributed by atoms with van der Waals surface area (Å²) in [5, 5.41) is 14.9. The summed E-state index contributed by atoms with van der Waals surface area (Å²) < 4.78 is 1.97. The van der Waals surface area contributed by atoms with Crippen LogP contribution in [0.5, 0.6) is 0 Å². The Bertz CT molecular complexity index is 601. The largest absolute Gasteiger partial charge is 0.356 e. The van der Waals surface area contributed by atoms with E-state index in [1.54, 1.807) is 13.4 Å². The van der Waals surface area contributed by atoms with Crippen molar-refractivity contribution in [2.75, 3.05) is 13.6 Å². The smallest absolute Gasteiger partial charge is 0.191 e. The highest BCUT2D eigenvalue weighted by atomic mass is 15.3. The molecule has 23 heavy (non-hydrogen) atoms. The van der Waals surface area contributed by atoms with Crippen molar-refractivity contribution in [2.45, 2.75) is 33.2 Å². The van der Waals surface area contributed by atoms with E-state index >= 15 is 0 Å². The van der Waals surface area contributed by atoms with Crippen LogP contribution in [0.4, 0.5) is 0 Å². The Hall–Kier alpha value is -2.37. The third-order valence-corrected chi connectivity index (χ3v) is 4.00. The van der Waals surface area contributed by atoms with Gasteiger partial charge in [-0.25, -0.2) is 0 Å². The zero-order valence-corrected chi connectivity index (χ0v) is 14.2. The van der Waals surface area contributed by atoms with Crippen molar-refractivity contribution in [3.8, 4) is 5.69 Å². The maximum absolute atomic E-state index is 4.27. The van der Waals surface area contributed by atoms with Crippen molar-refractivity contribution >= 4 is 5.96 Å². The Kier molecular flexibility index (Phi) is 6.59. The van der Waals surface area contributed by atoms with Gasteiger partial charge in [-0.15, -0.1) is 10.2 Å². The SMILES string of the molecule is CCC(CC)CNC(=NC)NCc1nncn1-c1ccccc1. The van der Waals surface area contributed by atoms with Gasteiger partial charge in [-0.1, -0.05) is 44.9 Å². The fourth-order valence-corrected chi connectivity index (χ4v) is 2.39. The van der Waals surface area contributed by atoms with E-state index in [1.807, 2.05) is 34.9 Å². The van der Waals surface area contributed by atoms with E-state index in [0.717, 1.165) is 24.0 Å². The van der Waals surface area contributed by atoms with Crippen LogP contribution >= 0.6 is 0 Å². The number of para-hydroxylation sites is 1. The lowest BCUT2D eigenvalue weighted by atomic mass is 10.0. The minimum Gasteiger partial charge on any atom is -0.356 e. The first-order valence-electron chi connectivity index (χ1n) is 8.17. The molecule has 0 amide bonds. The van der Waals surface area contributed by atoms with Gasteiger partial charge in [0, 0.05) is 19.3 Å². The fourth-order valence-electron chi connectivity index (χ4n) is 2.39. The highest BCUT2D eigenvalue weighted by Crippen LogP contribution is 2.08. The van der Waals surface area contributed by atoms with Gasteiger partial charge in [-0.2, -0.15) is 0 Å². The summed E-state index contributed by atoms with van der Waals surface area (Å²) >= 11 is 0. The molecule has 1 heterocycles. The van der Waals surface area contributed by atoms with E-state index in [9.17, 15) is 0 Å². The number of guanidine groups is 1. The van der Waals surface area contributed by atoms with Gasteiger partial charge in [0.25, 0.3) is 0 Å². The van der Waals surface area contributed by atoms with Crippen LogP contribution in [-0.2, 0) is 6.54 Å². The molecule has 0 atom stereocenters. The van der Waals surface area contributed by atoms with Crippen LogP contribution in [0.1, 0.15) is 32.5 Å². The molecule has 0 saturated carbocycles. The quantitative estimate of drug-likeness (QED) is 0.608. The van der Waals surface area contributed by atoms with Crippen molar-refractivity contribution in [3.63, 3.8) is 0 Å². The van der Waals surface area contributed by atoms with Gasteiger partial charge < -0.3 is 10.6 Å². The minimum absolute atomic E-state index is 0.567. The lowest BCUT2D eigenvalue weighted by molar-refractivity contribution is 0.481. The number of rotatable bonds is 7. The molecule has 1 aromatic carbocycles. The highest BCUT2D eigenvalue weighted by Gasteiger charge is 2.08. The molecule has 0 fully saturated rings. The summed E-state index contributed by atoms with van der Waals surface area (Å²) in [5.41, 5.74) is 1.05. The lowest BCUT2D eigenvalue weighted by Crippen LogP contribution is -2.39. The first-order chi connectivity index (χ1) is 11.3. The van der Waals surface area contributed by atoms with Crippen molar-refractivity contribution in [2.24, 2.45) is 10.9 Å². The van der Waals surface area contributed by atoms with Crippen LogP contribution in [0.25, 0.3) is 5.69 Å². The zero-order chi connectivity index (χ0) is 16.5. The molecule has 124 valence electrons. The Morgan fingerprint density at radius 2 is 1.91 bits per heavy atom. The first-order valence-corrected chi connectivity index (χ1v) is 8.17. The predicted molar refractivity (Wildman–Crippen MR) is 93.6 cm³/mol. The van der Waals surface area contributed by atoms with Gasteiger partial charge >= 0.3 is 0 Å². The normalized spacial score (nSPS) is 11.7. The van der Waals surface area contributed by atoms with E-state index in [-0.39, 0.29) is 0 Å². The molecule has 0 saturated heterocycles. The Morgan fingerprint density at radius 3 is 2.57 bits per heavy atom. The monoisotopic (exact) mass is 314 g/mol. The molecule has 2 N–H and O–H groups in total. The average Bonchev–Trinajstić information content (AvgIpc) is 3.07. The van der Waals surface area contributed by atoms with Gasteiger partial charge in [0.1, 0.15) is 6.33 Å². The number of aliphatic imine (C=N–C) groups is 1. The number of benzene rings is 1. The molecular formula is C17H26N6. The topological polar surface area (TPSA) is 67.1 Å². The molecule has 2 rings (SSSR count). The zero-order valence-electron chi connectivity index (χ0n) is 14.2. The maximum Gasteiger partial charge on any atom is 0.191 e. The van der Waals surface area contributed by atoms with Crippen LogP contribution in [0.15, 0.2) is 41.7 Å². The second-order valence-electron chi connectivity index (χ2n) is 5.44. The Balaban J connectivity index is 1.94. The van der Waals surface area contributed by atoms with Gasteiger partial charge in [-0.3, -0.25) is 9.56 Å².